The van der Waals surface area contributed by atoms with Crippen LogP contribution < -0.4 is 0 Å². The number of aromatic amines is 1. The van der Waals surface area contributed by atoms with Gasteiger partial charge in [0.05, 0.1) is 10.5 Å². The van der Waals surface area contributed by atoms with Crippen molar-refractivity contribution >= 4 is 5.69 Å². The van der Waals surface area contributed by atoms with Crippen LogP contribution in [0, 0.1) is 10.1 Å². The summed E-state index contributed by atoms with van der Waals surface area (Å²) in [5, 5.41) is 25.9. The normalized spacial score (nSPS) is 11.6. The van der Waals surface area contributed by atoms with Crippen LogP contribution in [0.4, 0.5) is 5.69 Å². The molecule has 0 bridgehead atoms. The van der Waals surface area contributed by atoms with E-state index < -0.39 is 10.5 Å². The molecule has 1 rings (SSSR count). The van der Waals surface area contributed by atoms with E-state index in [1.165, 1.54) is 0 Å². The lowest BCUT2D eigenvalue weighted by Gasteiger charge is -2.14. The second-order valence-corrected chi connectivity index (χ2v) is 3.48. The van der Waals surface area contributed by atoms with E-state index in [0.29, 0.717) is 5.69 Å². The van der Waals surface area contributed by atoms with E-state index in [9.17, 15) is 15.2 Å². The van der Waals surface area contributed by atoms with Gasteiger partial charge in [0.15, 0.2) is 0 Å². The van der Waals surface area contributed by atoms with Crippen LogP contribution in [0.5, 0.6) is 0 Å². The van der Waals surface area contributed by atoms with Crippen LogP contribution in [0.2, 0.25) is 0 Å². The highest BCUT2D eigenvalue weighted by molar-refractivity contribution is 5.32. The van der Waals surface area contributed by atoms with E-state index in [2.05, 4.69) is 10.2 Å². The molecule has 1 heterocycles. The minimum atomic E-state index is -0.975. The van der Waals surface area contributed by atoms with Gasteiger partial charge in [-0.2, -0.15) is 5.10 Å². The molecule has 2 N–H and O–H groups in total. The van der Waals surface area contributed by atoms with Gasteiger partial charge in [-0.3, -0.25) is 15.2 Å². The van der Waals surface area contributed by atoms with Gasteiger partial charge in [-0.15, -0.1) is 0 Å². The number of H-pyrrole nitrogens is 1. The number of rotatable bonds is 3. The molecule has 13 heavy (non-hydrogen) atoms. The van der Waals surface area contributed by atoms with Crippen LogP contribution in [-0.4, -0.2) is 25.8 Å². The maximum Gasteiger partial charge on any atom is 0.309 e. The Balaban J connectivity index is 2.89. The Morgan fingerprint density at radius 1 is 1.77 bits per heavy atom. The highest BCUT2D eigenvalue weighted by Gasteiger charge is 2.22. The molecule has 6 heteroatoms. The largest absolute Gasteiger partial charge is 0.390 e. The van der Waals surface area contributed by atoms with Gasteiger partial charge in [-0.1, -0.05) is 0 Å². The van der Waals surface area contributed by atoms with Gasteiger partial charge in [0, 0.05) is 6.42 Å². The van der Waals surface area contributed by atoms with Crippen molar-refractivity contribution in [1.29, 1.82) is 0 Å². The van der Waals surface area contributed by atoms with Crippen LogP contribution in [0.3, 0.4) is 0 Å². The van der Waals surface area contributed by atoms with Gasteiger partial charge < -0.3 is 5.11 Å². The predicted molar refractivity (Wildman–Crippen MR) is 45.2 cm³/mol. The Bertz CT molecular complexity index is 313. The Hall–Kier alpha value is -1.43. The molecule has 0 aromatic carbocycles. The van der Waals surface area contributed by atoms with Crippen LogP contribution in [0.15, 0.2) is 6.20 Å². The minimum absolute atomic E-state index is 0.0814. The predicted octanol–water partition coefficient (Wildman–Crippen LogP) is 0.631. The lowest BCUT2D eigenvalue weighted by molar-refractivity contribution is -0.385. The Morgan fingerprint density at radius 3 is 2.85 bits per heavy atom. The number of nitrogens with zero attached hydrogens (tertiary/aromatic N) is 2. The summed E-state index contributed by atoms with van der Waals surface area (Å²) in [7, 11) is 0. The van der Waals surface area contributed by atoms with Crippen LogP contribution in [-0.2, 0) is 6.42 Å². The zero-order valence-corrected chi connectivity index (χ0v) is 7.44. The number of aliphatic hydroxyl groups is 1. The quantitative estimate of drug-likeness (QED) is 0.533. The van der Waals surface area contributed by atoms with Crippen molar-refractivity contribution in [1.82, 2.24) is 10.2 Å². The van der Waals surface area contributed by atoms with Gasteiger partial charge in [-0.25, -0.2) is 0 Å². The summed E-state index contributed by atoms with van der Waals surface area (Å²) < 4.78 is 0. The molecular weight excluding hydrogens is 174 g/mol. The van der Waals surface area contributed by atoms with Gasteiger partial charge in [0.1, 0.15) is 11.9 Å². The Morgan fingerprint density at radius 2 is 2.38 bits per heavy atom. The zero-order chi connectivity index (χ0) is 10.1. The molecule has 0 spiro atoms. The Labute approximate surface area is 74.7 Å². The maximum absolute atomic E-state index is 10.4. The minimum Gasteiger partial charge on any atom is -0.390 e. The third-order valence-corrected chi connectivity index (χ3v) is 1.50. The highest BCUT2D eigenvalue weighted by atomic mass is 16.6. The van der Waals surface area contributed by atoms with Crippen molar-refractivity contribution in [2.24, 2.45) is 0 Å². The number of hydrogen-bond donors (Lipinski definition) is 2. The van der Waals surface area contributed by atoms with Crippen LogP contribution >= 0.6 is 0 Å². The van der Waals surface area contributed by atoms with Crippen molar-refractivity contribution in [3.8, 4) is 0 Å². The van der Waals surface area contributed by atoms with Gasteiger partial charge >= 0.3 is 5.69 Å². The van der Waals surface area contributed by atoms with Crippen LogP contribution in [0.25, 0.3) is 0 Å². The lowest BCUT2D eigenvalue weighted by Crippen LogP contribution is -2.22. The molecule has 72 valence electrons. The summed E-state index contributed by atoms with van der Waals surface area (Å²) in [5.74, 6) is 0. The topological polar surface area (TPSA) is 92.0 Å². The molecule has 0 saturated heterocycles. The van der Waals surface area contributed by atoms with Gasteiger partial charge in [0.25, 0.3) is 0 Å². The molecule has 0 unspecified atom stereocenters. The van der Waals surface area contributed by atoms with E-state index in [1.54, 1.807) is 13.8 Å². The smallest absolute Gasteiger partial charge is 0.309 e. The highest BCUT2D eigenvalue weighted by Crippen LogP contribution is 2.19. The zero-order valence-electron chi connectivity index (χ0n) is 7.44. The first-order chi connectivity index (χ1) is 5.90. The first-order valence-corrected chi connectivity index (χ1v) is 3.79. The Kier molecular flexibility index (Phi) is 2.33. The first-order valence-electron chi connectivity index (χ1n) is 3.79. The maximum atomic E-state index is 10.4. The molecule has 6 nitrogen and oxygen atoms in total. The average Bonchev–Trinajstić information content (AvgIpc) is 2.31. The van der Waals surface area contributed by atoms with Crippen molar-refractivity contribution in [3.63, 3.8) is 0 Å². The lowest BCUT2D eigenvalue weighted by atomic mass is 10.0. The third-order valence-electron chi connectivity index (χ3n) is 1.50. The fourth-order valence-corrected chi connectivity index (χ4v) is 1.03. The summed E-state index contributed by atoms with van der Waals surface area (Å²) in [5.41, 5.74) is -0.711. The van der Waals surface area contributed by atoms with Crippen molar-refractivity contribution < 1.29 is 10.0 Å². The van der Waals surface area contributed by atoms with Gasteiger partial charge in [0.2, 0.25) is 0 Å². The molecule has 1 aromatic heterocycles. The molecular formula is C7H11N3O3. The fourth-order valence-electron chi connectivity index (χ4n) is 1.03. The summed E-state index contributed by atoms with van der Waals surface area (Å²) in [6, 6.07) is 0. The van der Waals surface area contributed by atoms with Crippen molar-refractivity contribution in [2.45, 2.75) is 25.9 Å². The molecule has 0 fully saturated rings. The number of aromatic nitrogens is 2. The monoisotopic (exact) mass is 185 g/mol. The summed E-state index contributed by atoms with van der Waals surface area (Å²) >= 11 is 0. The SMILES string of the molecule is CC(C)(O)Cc1[nH]ncc1[N+](=O)[O-]. The molecule has 0 aliphatic heterocycles. The molecule has 0 amide bonds. The number of hydrogen-bond acceptors (Lipinski definition) is 4. The second kappa shape index (κ2) is 3.14. The van der Waals surface area contributed by atoms with Crippen molar-refractivity contribution in [2.75, 3.05) is 0 Å². The summed E-state index contributed by atoms with van der Waals surface area (Å²) in [6.45, 7) is 3.16. The second-order valence-electron chi connectivity index (χ2n) is 3.48. The third kappa shape index (κ3) is 2.51. The van der Waals surface area contributed by atoms with Crippen molar-refractivity contribution in [3.05, 3.63) is 22.0 Å². The standard InChI is InChI=1S/C7H11N3O3/c1-7(2,11)3-5-6(10(12)13)4-8-9-5/h4,11H,3H2,1-2H3,(H,8,9). The van der Waals surface area contributed by atoms with E-state index in [-0.39, 0.29) is 12.1 Å². The number of nitrogens with one attached hydrogen (secondary N) is 1. The van der Waals surface area contributed by atoms with Crippen LogP contribution in [0.1, 0.15) is 19.5 Å². The average molecular weight is 185 g/mol. The first kappa shape index (κ1) is 9.66. The summed E-state index contributed by atoms with van der Waals surface area (Å²) in [4.78, 5) is 9.91. The van der Waals surface area contributed by atoms with Gasteiger partial charge in [-0.05, 0) is 13.8 Å². The fraction of sp³-hybridized carbons (Fsp3) is 0.571. The van der Waals surface area contributed by atoms with E-state index in [0.717, 1.165) is 6.20 Å². The number of nitro groups is 1. The van der Waals surface area contributed by atoms with E-state index in [1.807, 2.05) is 0 Å². The molecule has 0 atom stereocenters. The molecule has 0 saturated carbocycles. The molecule has 1 aromatic rings. The summed E-state index contributed by atoms with van der Waals surface area (Å²) in [6.07, 6.45) is 1.32. The molecule has 0 aliphatic carbocycles. The van der Waals surface area contributed by atoms with E-state index >= 15 is 0 Å². The molecule has 0 aliphatic rings. The molecule has 0 radical (unpaired) electrons. The van der Waals surface area contributed by atoms with E-state index in [4.69, 9.17) is 0 Å².